The Hall–Kier alpha value is -0.260. The molecule has 0 aromatic rings. The maximum absolute atomic E-state index is 4.36. The molecule has 0 spiro atoms. The van der Waals surface area contributed by atoms with Gasteiger partial charge in [-0.15, -0.1) is 0 Å². The quantitative estimate of drug-likeness (QED) is 0.433. The average molecular weight is 331 g/mol. The normalized spacial score (nSPS) is 50.0. The van der Waals surface area contributed by atoms with Gasteiger partial charge in [0.15, 0.2) is 0 Å². The second kappa shape index (κ2) is 6.81. The monoisotopic (exact) mass is 330 g/mol. The molecule has 0 heteroatoms. The van der Waals surface area contributed by atoms with Crippen molar-refractivity contribution in [3.63, 3.8) is 0 Å². The highest BCUT2D eigenvalue weighted by Crippen LogP contribution is 2.68. The highest BCUT2D eigenvalue weighted by atomic mass is 14.6. The van der Waals surface area contributed by atoms with E-state index in [-0.39, 0.29) is 0 Å². The third kappa shape index (κ3) is 2.62. The van der Waals surface area contributed by atoms with Gasteiger partial charge in [0.05, 0.1) is 0 Å². The molecule has 0 aliphatic heterocycles. The molecule has 4 fully saturated rings. The van der Waals surface area contributed by atoms with E-state index in [1.54, 1.807) is 12.8 Å². The number of rotatable bonds is 1. The summed E-state index contributed by atoms with van der Waals surface area (Å²) in [5.74, 6) is 4.98. The second-order valence-electron chi connectivity index (χ2n) is 9.92. The predicted molar refractivity (Wildman–Crippen MR) is 106 cm³/mol. The zero-order valence-corrected chi connectivity index (χ0v) is 17.2. The van der Waals surface area contributed by atoms with Crippen molar-refractivity contribution in [2.45, 2.75) is 98.8 Å². The third-order valence-electron chi connectivity index (χ3n) is 9.18. The summed E-state index contributed by atoms with van der Waals surface area (Å²) >= 11 is 0. The second-order valence-corrected chi connectivity index (χ2v) is 9.92. The van der Waals surface area contributed by atoms with Gasteiger partial charge in [-0.3, -0.25) is 0 Å². The van der Waals surface area contributed by atoms with Gasteiger partial charge in [0.25, 0.3) is 0 Å². The SMILES string of the molecule is C=C(C)C1CCC2C3CCC4CCCCC4(C)C3CCC12C.CC. The van der Waals surface area contributed by atoms with Crippen molar-refractivity contribution >= 4 is 0 Å². The van der Waals surface area contributed by atoms with E-state index in [1.807, 2.05) is 13.8 Å². The summed E-state index contributed by atoms with van der Waals surface area (Å²) < 4.78 is 0. The van der Waals surface area contributed by atoms with E-state index in [4.69, 9.17) is 0 Å². The minimum Gasteiger partial charge on any atom is -0.0998 e. The first-order chi connectivity index (χ1) is 11.5. The Morgan fingerprint density at radius 3 is 2.21 bits per heavy atom. The van der Waals surface area contributed by atoms with Crippen molar-refractivity contribution in [2.75, 3.05) is 0 Å². The van der Waals surface area contributed by atoms with Gasteiger partial charge in [0, 0.05) is 0 Å². The van der Waals surface area contributed by atoms with E-state index in [1.165, 1.54) is 56.9 Å². The van der Waals surface area contributed by atoms with Crippen LogP contribution in [0.5, 0.6) is 0 Å². The maximum atomic E-state index is 4.36. The lowest BCUT2D eigenvalue weighted by Gasteiger charge is -2.60. The fraction of sp³-hybridized carbons (Fsp3) is 0.917. The molecule has 0 radical (unpaired) electrons. The predicted octanol–water partition coefficient (Wildman–Crippen LogP) is 7.64. The molecule has 4 rings (SSSR count). The molecule has 0 saturated heterocycles. The molecule has 4 aliphatic rings. The fourth-order valence-corrected chi connectivity index (χ4v) is 8.10. The summed E-state index contributed by atoms with van der Waals surface area (Å²) in [6.45, 7) is 16.0. The molecule has 0 aromatic heterocycles. The molecule has 24 heavy (non-hydrogen) atoms. The first kappa shape index (κ1) is 18.5. The van der Waals surface area contributed by atoms with Crippen LogP contribution in [0.15, 0.2) is 12.2 Å². The topological polar surface area (TPSA) is 0 Å². The van der Waals surface area contributed by atoms with Gasteiger partial charge >= 0.3 is 0 Å². The van der Waals surface area contributed by atoms with Crippen LogP contribution in [-0.4, -0.2) is 0 Å². The van der Waals surface area contributed by atoms with Crippen LogP contribution < -0.4 is 0 Å². The lowest BCUT2D eigenvalue weighted by atomic mass is 9.45. The van der Waals surface area contributed by atoms with Crippen molar-refractivity contribution in [3.05, 3.63) is 12.2 Å². The van der Waals surface area contributed by atoms with Crippen LogP contribution >= 0.6 is 0 Å². The van der Waals surface area contributed by atoms with Crippen LogP contribution in [0, 0.1) is 40.4 Å². The zero-order chi connectivity index (χ0) is 17.5. The standard InChI is InChI=1S/C22H36.C2H6/c1-15(2)18-10-11-19-17-9-8-16-7-5-6-13-21(16,3)20(17)12-14-22(18,19)4;1-2/h16-20H,1,5-14H2,2-4H3;1-2H3. The smallest absolute Gasteiger partial charge is 0.0152 e. The van der Waals surface area contributed by atoms with Crippen molar-refractivity contribution in [1.29, 1.82) is 0 Å². The molecule has 4 aliphatic carbocycles. The summed E-state index contributed by atoms with van der Waals surface area (Å²) in [6.07, 6.45) is 15.1. The van der Waals surface area contributed by atoms with Gasteiger partial charge in [0.2, 0.25) is 0 Å². The maximum Gasteiger partial charge on any atom is -0.0152 e. The van der Waals surface area contributed by atoms with Gasteiger partial charge in [0.1, 0.15) is 0 Å². The molecule has 0 heterocycles. The third-order valence-corrected chi connectivity index (χ3v) is 9.18. The molecule has 0 N–H and O–H groups in total. The van der Waals surface area contributed by atoms with E-state index < -0.39 is 0 Å². The van der Waals surface area contributed by atoms with Crippen LogP contribution in [0.1, 0.15) is 98.8 Å². The molecule has 7 atom stereocenters. The highest BCUT2D eigenvalue weighted by Gasteiger charge is 2.59. The number of hydrogen-bond donors (Lipinski definition) is 0. The Morgan fingerprint density at radius 2 is 1.50 bits per heavy atom. The van der Waals surface area contributed by atoms with Crippen LogP contribution in [0.4, 0.5) is 0 Å². The summed E-state index contributed by atoms with van der Waals surface area (Å²) in [5.41, 5.74) is 2.76. The lowest BCUT2D eigenvalue weighted by molar-refractivity contribution is -0.108. The molecule has 138 valence electrons. The zero-order valence-electron chi connectivity index (χ0n) is 17.2. The number of hydrogen-bond acceptors (Lipinski definition) is 0. The van der Waals surface area contributed by atoms with E-state index in [2.05, 4.69) is 27.4 Å². The summed E-state index contributed by atoms with van der Waals surface area (Å²) in [4.78, 5) is 0. The summed E-state index contributed by atoms with van der Waals surface area (Å²) in [5, 5.41) is 0. The molecule has 0 nitrogen and oxygen atoms in total. The molecule has 7 unspecified atom stereocenters. The highest BCUT2D eigenvalue weighted by molar-refractivity contribution is 5.14. The van der Waals surface area contributed by atoms with Crippen molar-refractivity contribution in [3.8, 4) is 0 Å². The van der Waals surface area contributed by atoms with Gasteiger partial charge in [-0.1, -0.05) is 52.7 Å². The van der Waals surface area contributed by atoms with Crippen molar-refractivity contribution in [1.82, 2.24) is 0 Å². The van der Waals surface area contributed by atoms with Crippen LogP contribution in [-0.2, 0) is 0 Å². The summed E-state index contributed by atoms with van der Waals surface area (Å²) in [6, 6.07) is 0. The van der Waals surface area contributed by atoms with Gasteiger partial charge < -0.3 is 0 Å². The molecule has 0 aromatic carbocycles. The Balaban J connectivity index is 0.000000815. The molecular formula is C24H42. The van der Waals surface area contributed by atoms with Gasteiger partial charge in [-0.2, -0.15) is 0 Å². The average Bonchev–Trinajstić information content (AvgIpc) is 2.93. The Labute approximate surface area is 151 Å². The van der Waals surface area contributed by atoms with E-state index in [0.29, 0.717) is 10.8 Å². The lowest BCUT2D eigenvalue weighted by Crippen LogP contribution is -2.52. The largest absolute Gasteiger partial charge is 0.0998 e. The summed E-state index contributed by atoms with van der Waals surface area (Å²) in [7, 11) is 0. The molecule has 0 amide bonds. The molecule has 4 saturated carbocycles. The molecular weight excluding hydrogens is 288 g/mol. The first-order valence-electron chi connectivity index (χ1n) is 11.1. The van der Waals surface area contributed by atoms with Crippen molar-refractivity contribution in [2.24, 2.45) is 40.4 Å². The van der Waals surface area contributed by atoms with Crippen LogP contribution in [0.3, 0.4) is 0 Å². The minimum atomic E-state index is 0.588. The van der Waals surface area contributed by atoms with Gasteiger partial charge in [-0.25, -0.2) is 0 Å². The fourth-order valence-electron chi connectivity index (χ4n) is 8.10. The van der Waals surface area contributed by atoms with E-state index >= 15 is 0 Å². The van der Waals surface area contributed by atoms with Crippen LogP contribution in [0.2, 0.25) is 0 Å². The number of fused-ring (bicyclic) bond motifs is 5. The van der Waals surface area contributed by atoms with Crippen LogP contribution in [0.25, 0.3) is 0 Å². The minimum absolute atomic E-state index is 0.588. The Kier molecular flexibility index (Phi) is 5.25. The number of allylic oxidation sites excluding steroid dienone is 1. The van der Waals surface area contributed by atoms with Gasteiger partial charge in [-0.05, 0) is 98.7 Å². The Bertz CT molecular complexity index is 463. The van der Waals surface area contributed by atoms with Crippen molar-refractivity contribution < 1.29 is 0 Å². The Morgan fingerprint density at radius 1 is 0.792 bits per heavy atom. The van der Waals surface area contributed by atoms with E-state index in [0.717, 1.165) is 29.6 Å². The van der Waals surface area contributed by atoms with E-state index in [9.17, 15) is 0 Å². The first-order valence-corrected chi connectivity index (χ1v) is 11.1. The molecule has 0 bridgehead atoms.